The predicted molar refractivity (Wildman–Crippen MR) is 105 cm³/mol. The Morgan fingerprint density at radius 1 is 0.880 bits per heavy atom. The van der Waals surface area contributed by atoms with Crippen LogP contribution in [0.15, 0.2) is 60.7 Å². The quantitative estimate of drug-likeness (QED) is 0.666. The molecule has 0 spiro atoms. The lowest BCUT2D eigenvalue weighted by atomic mass is 10.2. The Labute approximate surface area is 156 Å². The van der Waals surface area contributed by atoms with Crippen LogP contribution in [0.2, 0.25) is 0 Å². The van der Waals surface area contributed by atoms with Crippen LogP contribution in [0.25, 0.3) is 0 Å². The Bertz CT molecular complexity index is 665. The van der Waals surface area contributed by atoms with Gasteiger partial charge >= 0.3 is 5.97 Å². The molecular formula is C19H21NO3S2. The summed E-state index contributed by atoms with van der Waals surface area (Å²) in [7, 11) is 0. The minimum absolute atomic E-state index is 0.242. The molecule has 2 rings (SSSR count). The zero-order valence-electron chi connectivity index (χ0n) is 13.8. The van der Waals surface area contributed by atoms with Crippen LogP contribution in [0.4, 0.5) is 0 Å². The summed E-state index contributed by atoms with van der Waals surface area (Å²) in [6.07, 6.45) is 0. The first-order chi connectivity index (χ1) is 12.1. The molecule has 4 nitrogen and oxygen atoms in total. The van der Waals surface area contributed by atoms with Gasteiger partial charge in [0.15, 0.2) is 0 Å². The second kappa shape index (κ2) is 10.8. The summed E-state index contributed by atoms with van der Waals surface area (Å²) in [5, 5.41) is 11.9. The number of amides is 1. The highest BCUT2D eigenvalue weighted by Gasteiger charge is 2.19. The fraction of sp³-hybridized carbons (Fsp3) is 0.263. The van der Waals surface area contributed by atoms with Crippen molar-refractivity contribution < 1.29 is 14.7 Å². The molecule has 0 saturated carbocycles. The maximum Gasteiger partial charge on any atom is 0.327 e. The topological polar surface area (TPSA) is 66.4 Å². The van der Waals surface area contributed by atoms with E-state index in [1.807, 2.05) is 60.7 Å². The van der Waals surface area contributed by atoms with Gasteiger partial charge in [-0.05, 0) is 11.1 Å². The van der Waals surface area contributed by atoms with E-state index in [1.54, 1.807) is 0 Å². The number of thioether (sulfide) groups is 2. The number of carbonyl (C=O) groups excluding carboxylic acids is 1. The number of carbonyl (C=O) groups is 2. The number of hydrogen-bond acceptors (Lipinski definition) is 4. The molecule has 0 aliphatic carbocycles. The molecule has 132 valence electrons. The van der Waals surface area contributed by atoms with Crippen molar-refractivity contribution in [3.8, 4) is 0 Å². The SMILES string of the molecule is O=C(CSCc1ccccc1)N[C@@H](CSCc1ccccc1)C(=O)O. The fourth-order valence-electron chi connectivity index (χ4n) is 2.12. The van der Waals surface area contributed by atoms with Gasteiger partial charge in [-0.3, -0.25) is 4.79 Å². The van der Waals surface area contributed by atoms with E-state index in [-0.39, 0.29) is 11.7 Å². The zero-order valence-corrected chi connectivity index (χ0v) is 15.4. The predicted octanol–water partition coefficient (Wildman–Crippen LogP) is 3.42. The summed E-state index contributed by atoms with van der Waals surface area (Å²) >= 11 is 2.98. The van der Waals surface area contributed by atoms with E-state index < -0.39 is 12.0 Å². The van der Waals surface area contributed by atoms with Crippen LogP contribution in [0, 0.1) is 0 Å². The Balaban J connectivity index is 1.70. The van der Waals surface area contributed by atoms with Crippen molar-refractivity contribution in [3.63, 3.8) is 0 Å². The van der Waals surface area contributed by atoms with Crippen molar-refractivity contribution in [1.82, 2.24) is 5.32 Å². The van der Waals surface area contributed by atoms with Crippen LogP contribution in [0.5, 0.6) is 0 Å². The first-order valence-corrected chi connectivity index (χ1v) is 10.2. The molecule has 0 bridgehead atoms. The standard InChI is InChI=1S/C19H21NO3S2/c21-18(14-25-12-16-9-5-2-6-10-16)20-17(19(22)23)13-24-11-15-7-3-1-4-8-15/h1-10,17H,11-14H2,(H,20,21)(H,22,23)/t17-/m0/s1. The molecule has 0 fully saturated rings. The molecule has 0 unspecified atom stereocenters. The highest BCUT2D eigenvalue weighted by Crippen LogP contribution is 2.14. The van der Waals surface area contributed by atoms with E-state index >= 15 is 0 Å². The van der Waals surface area contributed by atoms with E-state index in [2.05, 4.69) is 5.32 Å². The van der Waals surface area contributed by atoms with Crippen molar-refractivity contribution in [2.75, 3.05) is 11.5 Å². The molecule has 25 heavy (non-hydrogen) atoms. The Morgan fingerprint density at radius 2 is 1.40 bits per heavy atom. The molecular weight excluding hydrogens is 354 g/mol. The molecule has 0 aliphatic rings. The molecule has 6 heteroatoms. The lowest BCUT2D eigenvalue weighted by Crippen LogP contribution is -2.43. The lowest BCUT2D eigenvalue weighted by Gasteiger charge is -2.14. The third-order valence-corrected chi connectivity index (χ3v) is 5.48. The maximum absolute atomic E-state index is 12.0. The molecule has 2 aromatic carbocycles. The first-order valence-electron chi connectivity index (χ1n) is 7.90. The van der Waals surface area contributed by atoms with Crippen LogP contribution in [-0.4, -0.2) is 34.5 Å². The van der Waals surface area contributed by atoms with Crippen LogP contribution in [0.3, 0.4) is 0 Å². The van der Waals surface area contributed by atoms with E-state index in [4.69, 9.17) is 0 Å². The number of hydrogen-bond donors (Lipinski definition) is 2. The molecule has 0 aromatic heterocycles. The van der Waals surface area contributed by atoms with Crippen LogP contribution < -0.4 is 5.32 Å². The summed E-state index contributed by atoms with van der Waals surface area (Å²) in [5.74, 6) is 0.815. The van der Waals surface area contributed by atoms with E-state index in [0.29, 0.717) is 5.75 Å². The van der Waals surface area contributed by atoms with E-state index in [0.717, 1.165) is 22.6 Å². The summed E-state index contributed by atoms with van der Waals surface area (Å²) in [4.78, 5) is 23.3. The van der Waals surface area contributed by atoms with Crippen molar-refractivity contribution in [2.24, 2.45) is 0 Å². The maximum atomic E-state index is 12.0. The van der Waals surface area contributed by atoms with E-state index in [1.165, 1.54) is 23.5 Å². The van der Waals surface area contributed by atoms with Gasteiger partial charge in [0, 0.05) is 17.3 Å². The molecule has 2 aromatic rings. The van der Waals surface area contributed by atoms with Gasteiger partial charge in [-0.25, -0.2) is 4.79 Å². The number of benzene rings is 2. The number of aliphatic carboxylic acids is 1. The minimum atomic E-state index is -0.998. The average Bonchev–Trinajstić information content (AvgIpc) is 2.62. The highest BCUT2D eigenvalue weighted by atomic mass is 32.2. The van der Waals surface area contributed by atoms with Gasteiger partial charge in [-0.15, -0.1) is 11.8 Å². The fourth-order valence-corrected chi connectivity index (χ4v) is 3.92. The zero-order chi connectivity index (χ0) is 17.9. The largest absolute Gasteiger partial charge is 0.480 e. The molecule has 1 atom stereocenters. The Hall–Kier alpha value is -1.92. The lowest BCUT2D eigenvalue weighted by molar-refractivity contribution is -0.140. The van der Waals surface area contributed by atoms with Crippen molar-refractivity contribution >= 4 is 35.4 Å². The second-order valence-corrected chi connectivity index (χ2v) is 7.45. The summed E-state index contributed by atoms with van der Waals surface area (Å²) in [6, 6.07) is 18.9. The van der Waals surface area contributed by atoms with Crippen LogP contribution >= 0.6 is 23.5 Å². The van der Waals surface area contributed by atoms with Crippen molar-refractivity contribution in [3.05, 3.63) is 71.8 Å². The third kappa shape index (κ3) is 7.67. The van der Waals surface area contributed by atoms with Gasteiger partial charge < -0.3 is 10.4 Å². The molecule has 1 amide bonds. The number of nitrogens with one attached hydrogen (secondary N) is 1. The van der Waals surface area contributed by atoms with Gasteiger partial charge in [0.05, 0.1) is 5.75 Å². The van der Waals surface area contributed by atoms with Crippen molar-refractivity contribution in [1.29, 1.82) is 0 Å². The third-order valence-electron chi connectivity index (χ3n) is 3.37. The summed E-state index contributed by atoms with van der Waals surface area (Å²) in [5.41, 5.74) is 2.29. The molecule has 2 N–H and O–H groups in total. The van der Waals surface area contributed by atoms with Crippen LogP contribution in [-0.2, 0) is 21.1 Å². The first kappa shape index (κ1) is 19.4. The van der Waals surface area contributed by atoms with Crippen LogP contribution in [0.1, 0.15) is 11.1 Å². The second-order valence-electron chi connectivity index (χ2n) is 5.44. The molecule has 0 heterocycles. The normalized spacial score (nSPS) is 11.7. The molecule has 0 radical (unpaired) electrons. The van der Waals surface area contributed by atoms with E-state index in [9.17, 15) is 14.7 Å². The molecule has 0 aliphatic heterocycles. The highest BCUT2D eigenvalue weighted by molar-refractivity contribution is 7.99. The van der Waals surface area contributed by atoms with Gasteiger partial charge in [0.2, 0.25) is 5.91 Å². The number of rotatable bonds is 10. The molecule has 0 saturated heterocycles. The van der Waals surface area contributed by atoms with Gasteiger partial charge in [-0.2, -0.15) is 11.8 Å². The smallest absolute Gasteiger partial charge is 0.327 e. The van der Waals surface area contributed by atoms with Gasteiger partial charge in [0.1, 0.15) is 6.04 Å². The number of carboxylic acids is 1. The van der Waals surface area contributed by atoms with Gasteiger partial charge in [-0.1, -0.05) is 60.7 Å². The Morgan fingerprint density at radius 3 is 1.92 bits per heavy atom. The Kier molecular flexibility index (Phi) is 8.42. The summed E-state index contributed by atoms with van der Waals surface area (Å²) in [6.45, 7) is 0. The number of carboxylic acid groups (broad SMARTS) is 1. The monoisotopic (exact) mass is 375 g/mol. The van der Waals surface area contributed by atoms with Crippen molar-refractivity contribution in [2.45, 2.75) is 17.5 Å². The average molecular weight is 376 g/mol. The van der Waals surface area contributed by atoms with Gasteiger partial charge in [0.25, 0.3) is 0 Å². The summed E-state index contributed by atoms with van der Waals surface area (Å²) < 4.78 is 0. The minimum Gasteiger partial charge on any atom is -0.480 e.